The summed E-state index contributed by atoms with van der Waals surface area (Å²) in [5, 5.41) is 15.6. The first kappa shape index (κ1) is 21.1. The van der Waals surface area contributed by atoms with Crippen LogP contribution in [0.2, 0.25) is 0 Å². The van der Waals surface area contributed by atoms with Crippen LogP contribution in [0.25, 0.3) is 0 Å². The Morgan fingerprint density at radius 2 is 1.74 bits per heavy atom. The van der Waals surface area contributed by atoms with Crippen molar-refractivity contribution in [2.24, 2.45) is 17.5 Å². The summed E-state index contributed by atoms with van der Waals surface area (Å²) < 4.78 is 1.99. The molecule has 1 aromatic heterocycles. The molecule has 0 radical (unpaired) electrons. The Balaban J connectivity index is 1.45. The molecule has 0 saturated heterocycles. The highest BCUT2D eigenvalue weighted by atomic mass is 15.3. The number of rotatable bonds is 8. The van der Waals surface area contributed by atoms with Gasteiger partial charge in [0, 0.05) is 13.6 Å². The van der Waals surface area contributed by atoms with E-state index in [9.17, 15) is 0 Å². The third kappa shape index (κ3) is 5.51. The quantitative estimate of drug-likeness (QED) is 0.431. The van der Waals surface area contributed by atoms with E-state index in [1.165, 1.54) is 24.0 Å². The van der Waals surface area contributed by atoms with Crippen LogP contribution < -0.4 is 10.6 Å². The second-order valence-electron chi connectivity index (χ2n) is 8.68. The van der Waals surface area contributed by atoms with Gasteiger partial charge in [-0.05, 0) is 49.7 Å². The fraction of sp³-hybridized carbons (Fsp3) is 0.400. The molecular weight excluding hydrogens is 384 g/mol. The molecule has 2 N–H and O–H groups in total. The zero-order chi connectivity index (χ0) is 21.7. The normalized spacial score (nSPS) is 16.0. The molecule has 0 spiro atoms. The highest BCUT2D eigenvalue weighted by molar-refractivity contribution is 5.80. The summed E-state index contributed by atoms with van der Waals surface area (Å²) in [6, 6.07) is 21.4. The third-order valence-corrected chi connectivity index (χ3v) is 6.22. The van der Waals surface area contributed by atoms with Crippen LogP contribution in [0.15, 0.2) is 65.7 Å². The first-order valence-corrected chi connectivity index (χ1v) is 11.0. The van der Waals surface area contributed by atoms with Crippen molar-refractivity contribution < 1.29 is 0 Å². The number of nitrogens with zero attached hydrogens (tertiary/aromatic N) is 4. The maximum atomic E-state index is 4.84. The summed E-state index contributed by atoms with van der Waals surface area (Å²) in [6.07, 6.45) is 3.60. The molecule has 1 saturated carbocycles. The molecule has 3 aromatic rings. The van der Waals surface area contributed by atoms with Crippen molar-refractivity contribution in [1.29, 1.82) is 0 Å². The number of hydrogen-bond donors (Lipinski definition) is 2. The molecule has 0 aliphatic heterocycles. The van der Waals surface area contributed by atoms with Gasteiger partial charge >= 0.3 is 0 Å². The lowest BCUT2D eigenvalue weighted by atomic mass is 9.96. The van der Waals surface area contributed by atoms with Gasteiger partial charge in [-0.25, -0.2) is 4.99 Å². The summed E-state index contributed by atoms with van der Waals surface area (Å²) in [4.78, 5) is 4.84. The summed E-state index contributed by atoms with van der Waals surface area (Å²) in [5.41, 5.74) is 2.96. The van der Waals surface area contributed by atoms with Crippen molar-refractivity contribution in [2.75, 3.05) is 6.54 Å². The van der Waals surface area contributed by atoms with Crippen LogP contribution in [0.4, 0.5) is 0 Å². The molecular formula is C25H32N6. The second kappa shape index (κ2) is 9.33. The summed E-state index contributed by atoms with van der Waals surface area (Å²) in [6.45, 7) is 5.51. The molecule has 6 heteroatoms. The minimum absolute atomic E-state index is 0.151. The van der Waals surface area contributed by atoms with Gasteiger partial charge in [-0.3, -0.25) is 0 Å². The smallest absolute Gasteiger partial charge is 0.192 e. The molecule has 1 aliphatic rings. The van der Waals surface area contributed by atoms with Crippen LogP contribution in [-0.4, -0.2) is 27.3 Å². The summed E-state index contributed by atoms with van der Waals surface area (Å²) in [7, 11) is 1.98. The Labute approximate surface area is 184 Å². The van der Waals surface area contributed by atoms with Crippen LogP contribution in [-0.2, 0) is 20.0 Å². The Hall–Kier alpha value is -3.15. The van der Waals surface area contributed by atoms with E-state index < -0.39 is 0 Å². The van der Waals surface area contributed by atoms with Gasteiger partial charge in [0.15, 0.2) is 11.8 Å². The number of aromatic nitrogens is 3. The Bertz CT molecular complexity index is 1010. The third-order valence-electron chi connectivity index (χ3n) is 6.22. The number of benzene rings is 2. The predicted octanol–water partition coefficient (Wildman–Crippen LogP) is 3.94. The first-order valence-electron chi connectivity index (χ1n) is 11.0. The monoisotopic (exact) mass is 416 g/mol. The molecule has 6 nitrogen and oxygen atoms in total. The number of hydrogen-bond acceptors (Lipinski definition) is 3. The lowest BCUT2D eigenvalue weighted by Gasteiger charge is -2.22. The van der Waals surface area contributed by atoms with Crippen molar-refractivity contribution in [3.05, 3.63) is 83.4 Å². The summed E-state index contributed by atoms with van der Waals surface area (Å²) in [5.74, 6) is 2.57. The Kier molecular flexibility index (Phi) is 6.35. The van der Waals surface area contributed by atoms with E-state index in [1.54, 1.807) is 0 Å². The van der Waals surface area contributed by atoms with E-state index in [2.05, 4.69) is 82.4 Å². The van der Waals surface area contributed by atoms with Crippen LogP contribution in [0, 0.1) is 12.3 Å². The second-order valence-corrected chi connectivity index (χ2v) is 8.68. The number of aliphatic imine (C=N–C) groups is 1. The molecule has 31 heavy (non-hydrogen) atoms. The maximum absolute atomic E-state index is 4.84. The topological polar surface area (TPSA) is 67.1 Å². The molecule has 1 heterocycles. The largest absolute Gasteiger partial charge is 0.356 e. The van der Waals surface area contributed by atoms with Gasteiger partial charge in [0.2, 0.25) is 0 Å². The molecule has 0 amide bonds. The van der Waals surface area contributed by atoms with Gasteiger partial charge in [-0.15, -0.1) is 10.2 Å². The molecule has 162 valence electrons. The number of aryl methyl sites for hydroxylation is 1. The minimum Gasteiger partial charge on any atom is -0.356 e. The van der Waals surface area contributed by atoms with Crippen LogP contribution >= 0.6 is 0 Å². The molecule has 2 aromatic carbocycles. The average Bonchev–Trinajstić information content (AvgIpc) is 3.49. The van der Waals surface area contributed by atoms with Crippen molar-refractivity contribution >= 4 is 5.96 Å². The van der Waals surface area contributed by atoms with E-state index in [-0.39, 0.29) is 6.04 Å². The highest BCUT2D eigenvalue weighted by Crippen LogP contribution is 2.47. The molecule has 1 unspecified atom stereocenters. The van der Waals surface area contributed by atoms with Crippen molar-refractivity contribution in [3.8, 4) is 0 Å². The van der Waals surface area contributed by atoms with Gasteiger partial charge in [-0.1, -0.05) is 60.7 Å². The molecule has 1 aliphatic carbocycles. The first-order chi connectivity index (χ1) is 15.0. The molecule has 4 rings (SSSR count). The lowest BCUT2D eigenvalue weighted by Crippen LogP contribution is -2.42. The van der Waals surface area contributed by atoms with Gasteiger partial charge in [0.1, 0.15) is 12.4 Å². The zero-order valence-corrected chi connectivity index (χ0v) is 18.7. The average molecular weight is 417 g/mol. The van der Waals surface area contributed by atoms with E-state index in [4.69, 9.17) is 4.99 Å². The molecule has 1 fully saturated rings. The molecule has 0 bridgehead atoms. The van der Waals surface area contributed by atoms with Gasteiger partial charge in [0.25, 0.3) is 0 Å². The van der Waals surface area contributed by atoms with Crippen LogP contribution in [0.5, 0.6) is 0 Å². The Morgan fingerprint density at radius 1 is 1.06 bits per heavy atom. The molecule has 1 atom stereocenters. The van der Waals surface area contributed by atoms with Crippen molar-refractivity contribution in [2.45, 2.75) is 45.7 Å². The van der Waals surface area contributed by atoms with Gasteiger partial charge < -0.3 is 15.2 Å². The SMILES string of the molecule is Cc1nnc(CN=C(NCC2(Cc3ccccc3)CC2)NC(C)c2ccccc2)n1C. The standard InChI is InChI=1S/C25H32N6/c1-19(22-12-8-5-9-13-22)28-24(26-17-23-30-29-20(2)31(23)3)27-18-25(14-15-25)16-21-10-6-4-7-11-21/h4-13,19H,14-18H2,1-3H3,(H2,26,27,28). The lowest BCUT2D eigenvalue weighted by molar-refractivity contribution is 0.489. The zero-order valence-electron chi connectivity index (χ0n) is 18.7. The van der Waals surface area contributed by atoms with E-state index in [0.717, 1.165) is 30.6 Å². The predicted molar refractivity (Wildman–Crippen MR) is 125 cm³/mol. The Morgan fingerprint density at radius 3 is 2.35 bits per heavy atom. The van der Waals surface area contributed by atoms with Crippen molar-refractivity contribution in [3.63, 3.8) is 0 Å². The van der Waals surface area contributed by atoms with Gasteiger partial charge in [-0.2, -0.15) is 0 Å². The van der Waals surface area contributed by atoms with E-state index in [1.807, 2.05) is 24.6 Å². The van der Waals surface area contributed by atoms with Crippen LogP contribution in [0.1, 0.15) is 48.6 Å². The number of guanidine groups is 1. The minimum atomic E-state index is 0.151. The van der Waals surface area contributed by atoms with Crippen molar-refractivity contribution in [1.82, 2.24) is 25.4 Å². The highest BCUT2D eigenvalue weighted by Gasteiger charge is 2.42. The van der Waals surface area contributed by atoms with Gasteiger partial charge in [0.05, 0.1) is 6.04 Å². The van der Waals surface area contributed by atoms with Crippen LogP contribution in [0.3, 0.4) is 0 Å². The maximum Gasteiger partial charge on any atom is 0.192 e. The van der Waals surface area contributed by atoms with E-state index >= 15 is 0 Å². The fourth-order valence-corrected chi connectivity index (χ4v) is 3.81. The van der Waals surface area contributed by atoms with E-state index in [0.29, 0.717) is 12.0 Å². The fourth-order valence-electron chi connectivity index (χ4n) is 3.81. The number of nitrogens with one attached hydrogen (secondary N) is 2. The summed E-state index contributed by atoms with van der Waals surface area (Å²) >= 11 is 0.